The fourth-order valence-corrected chi connectivity index (χ4v) is 3.61. The van der Waals surface area contributed by atoms with Crippen molar-refractivity contribution >= 4 is 15.9 Å². The maximum atomic E-state index is 13.0. The first kappa shape index (κ1) is 17.8. The molecule has 0 aliphatic carbocycles. The van der Waals surface area contributed by atoms with E-state index in [-0.39, 0.29) is 11.4 Å². The van der Waals surface area contributed by atoms with Gasteiger partial charge in [-0.15, -0.1) is 4.41 Å². The van der Waals surface area contributed by atoms with Crippen LogP contribution < -0.4 is 5.43 Å². The van der Waals surface area contributed by atoms with Gasteiger partial charge in [-0.25, -0.2) is 8.42 Å². The maximum Gasteiger partial charge on any atom is 0.266 e. The molecule has 3 aromatic rings. The van der Waals surface area contributed by atoms with Crippen LogP contribution in [-0.4, -0.2) is 23.7 Å². The van der Waals surface area contributed by atoms with E-state index in [2.05, 4.69) is 10.4 Å². The van der Waals surface area contributed by atoms with Gasteiger partial charge in [0, 0.05) is 18.0 Å². The molecular weight excluding hydrogens is 350 g/mol. The lowest BCUT2D eigenvalue weighted by atomic mass is 10.2. The number of nitrogens with one attached hydrogen (secondary N) is 1. The van der Waals surface area contributed by atoms with Crippen molar-refractivity contribution < 1.29 is 13.2 Å². The Bertz CT molecular complexity index is 963. The molecule has 3 rings (SSSR count). The van der Waals surface area contributed by atoms with Crippen molar-refractivity contribution in [2.24, 2.45) is 0 Å². The van der Waals surface area contributed by atoms with Crippen LogP contribution in [0.15, 0.2) is 90.1 Å². The van der Waals surface area contributed by atoms with E-state index in [9.17, 15) is 13.2 Å². The van der Waals surface area contributed by atoms with Crippen LogP contribution in [0.2, 0.25) is 0 Å². The Morgan fingerprint density at radius 3 is 2.19 bits per heavy atom. The summed E-state index contributed by atoms with van der Waals surface area (Å²) in [7, 11) is -3.93. The third-order valence-electron chi connectivity index (χ3n) is 3.64. The number of aromatic nitrogens is 1. The smallest absolute Gasteiger partial charge is 0.266 e. The van der Waals surface area contributed by atoms with Crippen LogP contribution in [0.5, 0.6) is 0 Å². The molecule has 0 aliphatic rings. The van der Waals surface area contributed by atoms with Crippen LogP contribution in [0.1, 0.15) is 15.9 Å². The van der Waals surface area contributed by atoms with Gasteiger partial charge in [-0.1, -0.05) is 42.5 Å². The molecule has 0 aliphatic heterocycles. The molecule has 0 unspecified atom stereocenters. The lowest BCUT2D eigenvalue weighted by Crippen LogP contribution is -2.45. The quantitative estimate of drug-likeness (QED) is 0.679. The van der Waals surface area contributed by atoms with Crippen LogP contribution >= 0.6 is 0 Å². The summed E-state index contributed by atoms with van der Waals surface area (Å²) in [4.78, 5) is 16.6. The summed E-state index contributed by atoms with van der Waals surface area (Å²) in [5.74, 6) is -0.506. The van der Waals surface area contributed by atoms with E-state index in [0.717, 1.165) is 4.41 Å². The predicted octanol–water partition coefficient (Wildman–Crippen LogP) is 2.62. The van der Waals surface area contributed by atoms with E-state index >= 15 is 0 Å². The summed E-state index contributed by atoms with van der Waals surface area (Å²) in [5.41, 5.74) is 3.52. The molecule has 26 heavy (non-hydrogen) atoms. The molecule has 0 spiro atoms. The fourth-order valence-electron chi connectivity index (χ4n) is 2.33. The highest BCUT2D eigenvalue weighted by molar-refractivity contribution is 7.89. The van der Waals surface area contributed by atoms with Crippen LogP contribution in [-0.2, 0) is 16.6 Å². The molecule has 0 fully saturated rings. The largest absolute Gasteiger partial charge is 0.271 e. The molecule has 1 N–H and O–H groups in total. The standard InChI is InChI=1S/C19H17N3O3S/c23-19(17-9-3-1-4-10-17)21-22(15-16-8-7-13-20-14-16)26(24,25)18-11-5-2-6-12-18/h1-14H,15H2,(H,21,23). The normalized spacial score (nSPS) is 11.3. The van der Waals surface area contributed by atoms with Crippen LogP contribution in [0.25, 0.3) is 0 Å². The van der Waals surface area contributed by atoms with E-state index in [1.807, 2.05) is 0 Å². The summed E-state index contributed by atoms with van der Waals surface area (Å²) in [6.45, 7) is -0.0381. The van der Waals surface area contributed by atoms with Crippen LogP contribution in [0, 0.1) is 0 Å². The topological polar surface area (TPSA) is 79.4 Å². The number of nitrogens with zero attached hydrogens (tertiary/aromatic N) is 2. The number of rotatable bonds is 6. The number of carbonyl (C=O) groups excluding carboxylic acids is 1. The molecule has 1 amide bonds. The van der Waals surface area contributed by atoms with E-state index in [1.54, 1.807) is 73.1 Å². The van der Waals surface area contributed by atoms with E-state index in [4.69, 9.17) is 0 Å². The number of hydrogen-bond donors (Lipinski definition) is 1. The van der Waals surface area contributed by atoms with Gasteiger partial charge < -0.3 is 0 Å². The highest BCUT2D eigenvalue weighted by Gasteiger charge is 2.26. The highest BCUT2D eigenvalue weighted by Crippen LogP contribution is 2.16. The van der Waals surface area contributed by atoms with Crippen molar-refractivity contribution in [3.8, 4) is 0 Å². The molecule has 0 atom stereocenters. The Morgan fingerprint density at radius 2 is 1.58 bits per heavy atom. The molecule has 1 heterocycles. The van der Waals surface area contributed by atoms with Crippen LogP contribution in [0.3, 0.4) is 0 Å². The van der Waals surface area contributed by atoms with Crippen molar-refractivity contribution in [2.75, 3.05) is 0 Å². The zero-order chi connectivity index (χ0) is 18.4. The second-order valence-corrected chi connectivity index (χ2v) is 7.36. The Labute approximate surface area is 152 Å². The van der Waals surface area contributed by atoms with Crippen molar-refractivity contribution in [2.45, 2.75) is 11.4 Å². The number of pyridine rings is 1. The Hall–Kier alpha value is -3.03. The molecule has 0 radical (unpaired) electrons. The summed E-state index contributed by atoms with van der Waals surface area (Å²) < 4.78 is 26.9. The maximum absolute atomic E-state index is 13.0. The molecular formula is C19H17N3O3S. The van der Waals surface area contributed by atoms with Gasteiger partial charge in [-0.2, -0.15) is 0 Å². The second kappa shape index (κ2) is 7.90. The molecule has 2 aromatic carbocycles. The lowest BCUT2D eigenvalue weighted by molar-refractivity contribution is 0.0874. The number of hydrazine groups is 1. The first-order chi connectivity index (χ1) is 12.6. The molecule has 6 nitrogen and oxygen atoms in total. The zero-order valence-electron chi connectivity index (χ0n) is 13.8. The third-order valence-corrected chi connectivity index (χ3v) is 5.31. The minimum absolute atomic E-state index is 0.0381. The van der Waals surface area contributed by atoms with Gasteiger partial charge in [0.25, 0.3) is 15.9 Å². The molecule has 0 saturated carbocycles. The SMILES string of the molecule is O=C(NN(Cc1cccnc1)S(=O)(=O)c1ccccc1)c1ccccc1. The van der Waals surface area contributed by atoms with Crippen molar-refractivity contribution in [3.63, 3.8) is 0 Å². The average molecular weight is 367 g/mol. The minimum Gasteiger partial charge on any atom is -0.271 e. The molecule has 132 valence electrons. The summed E-state index contributed by atoms with van der Waals surface area (Å²) in [5, 5.41) is 0. The van der Waals surface area contributed by atoms with Gasteiger partial charge in [0.15, 0.2) is 0 Å². The van der Waals surface area contributed by atoms with E-state index in [0.29, 0.717) is 11.1 Å². The monoisotopic (exact) mass is 367 g/mol. The Balaban J connectivity index is 1.93. The van der Waals surface area contributed by atoms with E-state index in [1.165, 1.54) is 12.1 Å². The number of sulfonamides is 1. The summed E-state index contributed by atoms with van der Waals surface area (Å²) >= 11 is 0. The molecule has 0 bridgehead atoms. The van der Waals surface area contributed by atoms with Gasteiger partial charge in [0.1, 0.15) is 0 Å². The first-order valence-electron chi connectivity index (χ1n) is 7.90. The van der Waals surface area contributed by atoms with Gasteiger partial charge in [0.05, 0.1) is 11.4 Å². The lowest BCUT2D eigenvalue weighted by Gasteiger charge is -2.23. The van der Waals surface area contributed by atoms with Crippen molar-refractivity contribution in [1.82, 2.24) is 14.8 Å². The fraction of sp³-hybridized carbons (Fsp3) is 0.0526. The van der Waals surface area contributed by atoms with Gasteiger partial charge in [-0.3, -0.25) is 15.2 Å². The molecule has 1 aromatic heterocycles. The predicted molar refractivity (Wildman–Crippen MR) is 97.3 cm³/mol. The summed E-state index contributed by atoms with van der Waals surface area (Å²) in [6, 6.07) is 19.9. The molecule has 0 saturated heterocycles. The average Bonchev–Trinajstić information content (AvgIpc) is 2.69. The molecule has 7 heteroatoms. The first-order valence-corrected chi connectivity index (χ1v) is 9.34. The van der Waals surface area contributed by atoms with Gasteiger partial charge in [0.2, 0.25) is 0 Å². The Morgan fingerprint density at radius 1 is 0.923 bits per heavy atom. The van der Waals surface area contributed by atoms with E-state index < -0.39 is 15.9 Å². The number of hydrogen-bond acceptors (Lipinski definition) is 4. The van der Waals surface area contributed by atoms with Gasteiger partial charge in [-0.05, 0) is 35.9 Å². The minimum atomic E-state index is -3.93. The number of amides is 1. The summed E-state index contributed by atoms with van der Waals surface area (Å²) in [6.07, 6.45) is 3.16. The van der Waals surface area contributed by atoms with Gasteiger partial charge >= 0.3 is 0 Å². The number of benzene rings is 2. The van der Waals surface area contributed by atoms with Crippen molar-refractivity contribution in [3.05, 3.63) is 96.3 Å². The zero-order valence-corrected chi connectivity index (χ0v) is 14.6. The second-order valence-electron chi connectivity index (χ2n) is 5.49. The Kier molecular flexibility index (Phi) is 5.40. The number of carbonyl (C=O) groups is 1. The van der Waals surface area contributed by atoms with Crippen molar-refractivity contribution in [1.29, 1.82) is 0 Å². The third kappa shape index (κ3) is 4.14. The highest BCUT2D eigenvalue weighted by atomic mass is 32.2. The van der Waals surface area contributed by atoms with Crippen LogP contribution in [0.4, 0.5) is 0 Å².